The number of fused-ring (bicyclic) bond motifs is 1. The highest BCUT2D eigenvalue weighted by atomic mass is 19.1. The summed E-state index contributed by atoms with van der Waals surface area (Å²) < 4.78 is 18.8. The number of carbonyl (C=O) groups is 1. The minimum Gasteiger partial charge on any atom is -0.494 e. The van der Waals surface area contributed by atoms with E-state index in [2.05, 4.69) is 15.3 Å². The average Bonchev–Trinajstić information content (AvgIpc) is 2.71. The first-order chi connectivity index (χ1) is 13.5. The number of methoxy groups -OCH3 is 1. The van der Waals surface area contributed by atoms with Gasteiger partial charge in [0.15, 0.2) is 0 Å². The number of aromatic nitrogens is 2. The molecular formula is C21H21FN4O2. The number of nitrogens with zero attached hydrogens (tertiary/aromatic N) is 3. The van der Waals surface area contributed by atoms with Crippen molar-refractivity contribution < 1.29 is 13.9 Å². The van der Waals surface area contributed by atoms with E-state index in [1.54, 1.807) is 24.1 Å². The molecular weight excluding hydrogens is 359 g/mol. The molecule has 144 valence electrons. The zero-order valence-corrected chi connectivity index (χ0v) is 15.8. The molecule has 1 aliphatic heterocycles. The van der Waals surface area contributed by atoms with Crippen molar-refractivity contribution in [1.29, 1.82) is 0 Å². The number of rotatable bonds is 4. The molecule has 0 aliphatic carbocycles. The fourth-order valence-corrected chi connectivity index (χ4v) is 3.47. The van der Waals surface area contributed by atoms with Gasteiger partial charge in [0.1, 0.15) is 29.2 Å². The molecule has 0 spiro atoms. The van der Waals surface area contributed by atoms with E-state index in [9.17, 15) is 9.18 Å². The topological polar surface area (TPSA) is 67.3 Å². The first-order valence-electron chi connectivity index (χ1n) is 9.14. The fourth-order valence-electron chi connectivity index (χ4n) is 3.47. The smallest absolute Gasteiger partial charge is 0.224 e. The number of carbonyl (C=O) groups excluding carboxylic acids is 1. The summed E-state index contributed by atoms with van der Waals surface area (Å²) in [6.45, 7) is 0.712. The first-order valence-corrected chi connectivity index (χ1v) is 9.14. The molecule has 6 nitrogen and oxygen atoms in total. The predicted molar refractivity (Wildman–Crippen MR) is 106 cm³/mol. The molecule has 0 saturated carbocycles. The molecule has 2 aromatic carbocycles. The van der Waals surface area contributed by atoms with Crippen LogP contribution in [-0.2, 0) is 4.79 Å². The lowest BCUT2D eigenvalue weighted by Gasteiger charge is -2.29. The molecule has 1 amide bonds. The summed E-state index contributed by atoms with van der Waals surface area (Å²) >= 11 is 0. The second kappa shape index (κ2) is 7.42. The third-order valence-electron chi connectivity index (χ3n) is 5.10. The molecule has 4 rings (SSSR count). The van der Waals surface area contributed by atoms with Crippen molar-refractivity contribution in [2.24, 2.45) is 0 Å². The van der Waals surface area contributed by atoms with Gasteiger partial charge in [-0.3, -0.25) is 4.79 Å². The minimum atomic E-state index is -0.283. The van der Waals surface area contributed by atoms with Crippen LogP contribution in [0.5, 0.6) is 5.75 Å². The molecule has 28 heavy (non-hydrogen) atoms. The van der Waals surface area contributed by atoms with Crippen molar-refractivity contribution in [3.05, 3.63) is 48.5 Å². The number of hydrogen-bond acceptors (Lipinski definition) is 5. The largest absolute Gasteiger partial charge is 0.494 e. The van der Waals surface area contributed by atoms with E-state index < -0.39 is 0 Å². The van der Waals surface area contributed by atoms with Crippen LogP contribution in [0.15, 0.2) is 42.7 Å². The summed E-state index contributed by atoms with van der Waals surface area (Å²) in [4.78, 5) is 22.5. The van der Waals surface area contributed by atoms with Gasteiger partial charge in [0.2, 0.25) is 5.91 Å². The van der Waals surface area contributed by atoms with Crippen LogP contribution >= 0.6 is 0 Å². The lowest BCUT2D eigenvalue weighted by Crippen LogP contribution is -2.41. The minimum absolute atomic E-state index is 0.0160. The molecule has 7 heteroatoms. The molecule has 0 radical (unpaired) electrons. The van der Waals surface area contributed by atoms with Crippen LogP contribution in [0.3, 0.4) is 0 Å². The Hall–Kier alpha value is -3.22. The van der Waals surface area contributed by atoms with E-state index in [1.165, 1.54) is 18.5 Å². The summed E-state index contributed by atoms with van der Waals surface area (Å²) in [5, 5.41) is 4.20. The molecule has 1 unspecified atom stereocenters. The van der Waals surface area contributed by atoms with Gasteiger partial charge in [-0.15, -0.1) is 0 Å². The summed E-state index contributed by atoms with van der Waals surface area (Å²) in [6, 6.07) is 10.2. The molecule has 1 N–H and O–H groups in total. The Morgan fingerprint density at radius 1 is 1.18 bits per heavy atom. The standard InChI is InChI=1S/C21H21FN4O2/c1-26-8-7-16(11-19(26)27)25-21-17-9-14(13-3-5-15(22)6-4-13)10-18(28-2)20(17)23-12-24-21/h3-6,9-10,12,16H,7-8,11H2,1-2H3,(H,23,24,25). The van der Waals surface area contributed by atoms with Crippen molar-refractivity contribution in [3.8, 4) is 16.9 Å². The van der Waals surface area contributed by atoms with Gasteiger partial charge in [-0.1, -0.05) is 12.1 Å². The number of benzene rings is 2. The zero-order chi connectivity index (χ0) is 19.7. The van der Waals surface area contributed by atoms with Gasteiger partial charge in [0.25, 0.3) is 0 Å². The summed E-state index contributed by atoms with van der Waals surface area (Å²) in [5.74, 6) is 1.11. The molecule has 1 aliphatic rings. The van der Waals surface area contributed by atoms with Crippen LogP contribution in [0.25, 0.3) is 22.0 Å². The van der Waals surface area contributed by atoms with E-state index >= 15 is 0 Å². The maximum Gasteiger partial charge on any atom is 0.224 e. The summed E-state index contributed by atoms with van der Waals surface area (Å²) in [7, 11) is 3.41. The van der Waals surface area contributed by atoms with Gasteiger partial charge in [0.05, 0.1) is 7.11 Å². The number of anilines is 1. The van der Waals surface area contributed by atoms with E-state index in [4.69, 9.17) is 4.74 Å². The van der Waals surface area contributed by atoms with Gasteiger partial charge < -0.3 is 15.0 Å². The summed E-state index contributed by atoms with van der Waals surface area (Å²) in [6.07, 6.45) is 2.76. The van der Waals surface area contributed by atoms with E-state index in [-0.39, 0.29) is 17.8 Å². The predicted octanol–water partition coefficient (Wildman–Crippen LogP) is 3.48. The highest BCUT2D eigenvalue weighted by Gasteiger charge is 2.24. The number of halogens is 1. The molecule has 2 heterocycles. The van der Waals surface area contributed by atoms with E-state index in [0.29, 0.717) is 30.0 Å². The second-order valence-corrected chi connectivity index (χ2v) is 6.95. The van der Waals surface area contributed by atoms with Gasteiger partial charge >= 0.3 is 0 Å². The fraction of sp³-hybridized carbons (Fsp3) is 0.286. The highest BCUT2D eigenvalue weighted by Crippen LogP contribution is 2.34. The van der Waals surface area contributed by atoms with Crippen LogP contribution in [0, 0.1) is 5.82 Å². The average molecular weight is 380 g/mol. The van der Waals surface area contributed by atoms with Gasteiger partial charge in [-0.25, -0.2) is 14.4 Å². The van der Waals surface area contributed by atoms with Crippen molar-refractivity contribution in [3.63, 3.8) is 0 Å². The first kappa shape index (κ1) is 18.2. The van der Waals surface area contributed by atoms with Crippen molar-refractivity contribution >= 4 is 22.6 Å². The van der Waals surface area contributed by atoms with E-state index in [1.807, 2.05) is 19.2 Å². The Bertz CT molecular complexity index is 1020. The van der Waals surface area contributed by atoms with Crippen LogP contribution in [0.2, 0.25) is 0 Å². The van der Waals surface area contributed by atoms with Gasteiger partial charge in [-0.05, 0) is 41.8 Å². The summed E-state index contributed by atoms with van der Waals surface area (Å²) in [5.41, 5.74) is 2.43. The highest BCUT2D eigenvalue weighted by molar-refractivity contribution is 5.96. The number of piperidine rings is 1. The molecule has 0 bridgehead atoms. The molecule has 3 aromatic rings. The third-order valence-corrected chi connectivity index (χ3v) is 5.10. The number of amides is 1. The van der Waals surface area contributed by atoms with Crippen molar-refractivity contribution in [2.75, 3.05) is 26.0 Å². The van der Waals surface area contributed by atoms with Crippen LogP contribution < -0.4 is 10.1 Å². The third kappa shape index (κ3) is 3.47. The van der Waals surface area contributed by atoms with Gasteiger partial charge in [0, 0.05) is 31.4 Å². The SMILES string of the molecule is COc1cc(-c2ccc(F)cc2)cc2c(NC3CCN(C)C(=O)C3)ncnc12. The lowest BCUT2D eigenvalue weighted by molar-refractivity contribution is -0.132. The van der Waals surface area contributed by atoms with Crippen molar-refractivity contribution in [2.45, 2.75) is 18.9 Å². The maximum absolute atomic E-state index is 13.3. The number of nitrogens with one attached hydrogen (secondary N) is 1. The molecule has 1 atom stereocenters. The molecule has 1 aromatic heterocycles. The Kier molecular flexibility index (Phi) is 4.81. The van der Waals surface area contributed by atoms with Crippen LogP contribution in [0.1, 0.15) is 12.8 Å². The van der Waals surface area contributed by atoms with Crippen molar-refractivity contribution in [1.82, 2.24) is 14.9 Å². The Labute approximate surface area is 162 Å². The quantitative estimate of drug-likeness (QED) is 0.751. The zero-order valence-electron chi connectivity index (χ0n) is 15.8. The monoisotopic (exact) mass is 380 g/mol. The Morgan fingerprint density at radius 3 is 2.68 bits per heavy atom. The number of ether oxygens (including phenoxy) is 1. The normalized spacial score (nSPS) is 17.0. The maximum atomic E-state index is 13.3. The lowest BCUT2D eigenvalue weighted by atomic mass is 10.0. The van der Waals surface area contributed by atoms with Gasteiger partial charge in [-0.2, -0.15) is 0 Å². The number of likely N-dealkylation sites (tertiary alicyclic amines) is 1. The van der Waals surface area contributed by atoms with Crippen LogP contribution in [0.4, 0.5) is 10.2 Å². The van der Waals surface area contributed by atoms with E-state index in [0.717, 1.165) is 22.9 Å². The van der Waals surface area contributed by atoms with Crippen LogP contribution in [-0.4, -0.2) is 47.5 Å². The Morgan fingerprint density at radius 2 is 1.96 bits per heavy atom. The Balaban J connectivity index is 1.75. The molecule has 1 saturated heterocycles. The molecule has 1 fully saturated rings. The number of hydrogen-bond donors (Lipinski definition) is 1. The second-order valence-electron chi connectivity index (χ2n) is 6.95.